The van der Waals surface area contributed by atoms with Crippen molar-refractivity contribution in [1.29, 1.82) is 0 Å². The topological polar surface area (TPSA) is 203 Å². The lowest BCUT2D eigenvalue weighted by atomic mass is 10.2. The molecule has 0 aliphatic rings. The third-order valence-corrected chi connectivity index (χ3v) is 6.39. The quantitative estimate of drug-likeness (QED) is 0.114. The van der Waals surface area contributed by atoms with E-state index in [0.29, 0.717) is 35.9 Å². The van der Waals surface area contributed by atoms with Crippen LogP contribution in [0.1, 0.15) is 17.7 Å². The van der Waals surface area contributed by atoms with Crippen LogP contribution in [0.4, 0.5) is 10.7 Å². The van der Waals surface area contributed by atoms with E-state index in [0.717, 1.165) is 15.6 Å². The third-order valence-electron chi connectivity index (χ3n) is 6.03. The van der Waals surface area contributed by atoms with Crippen LogP contribution >= 0.6 is 11.6 Å². The second-order valence-electron chi connectivity index (χ2n) is 8.96. The summed E-state index contributed by atoms with van der Waals surface area (Å²) < 4.78 is 5.83. The fourth-order valence-electron chi connectivity index (χ4n) is 3.90. The minimum Gasteiger partial charge on any atom is -0.493 e. The summed E-state index contributed by atoms with van der Waals surface area (Å²) in [4.78, 5) is 58.4. The number of alkyl carbamates (subject to hydrolysis) is 1. The SMILES string of the molecule is O=C(Cn1c(O)c(CCCNc2nc3ccccc3[nH]2)[nH]c1=O)NC[C@H](NC(=O)OCc1ccccc1Cl)C(=O)O. The molecule has 0 unspecified atom stereocenters. The molecule has 7 N–H and O–H groups in total. The highest BCUT2D eigenvalue weighted by atomic mass is 35.5. The Hall–Kier alpha value is -4.98. The molecular formula is C26H28ClN7O7. The maximum absolute atomic E-state index is 12.4. The molecule has 2 amide bonds. The summed E-state index contributed by atoms with van der Waals surface area (Å²) in [6.45, 7) is -0.743. The maximum atomic E-state index is 12.4. The molecular weight excluding hydrogens is 558 g/mol. The van der Waals surface area contributed by atoms with Crippen LogP contribution in [0.15, 0.2) is 53.3 Å². The first-order chi connectivity index (χ1) is 19.7. The normalized spacial score (nSPS) is 11.6. The Morgan fingerprint density at radius 2 is 1.85 bits per heavy atom. The molecule has 2 aromatic carbocycles. The number of carboxylic acids is 1. The number of hydrogen-bond donors (Lipinski definition) is 7. The van der Waals surface area contributed by atoms with Gasteiger partial charge in [-0.25, -0.2) is 19.4 Å². The molecule has 0 saturated heterocycles. The number of aliphatic carboxylic acids is 1. The summed E-state index contributed by atoms with van der Waals surface area (Å²) in [7, 11) is 0. The minimum atomic E-state index is -1.51. The van der Waals surface area contributed by atoms with Crippen molar-refractivity contribution in [2.45, 2.75) is 32.0 Å². The number of halogens is 1. The summed E-state index contributed by atoms with van der Waals surface area (Å²) in [6, 6.07) is 12.7. The highest BCUT2D eigenvalue weighted by molar-refractivity contribution is 6.31. The maximum Gasteiger partial charge on any atom is 0.408 e. The molecule has 0 saturated carbocycles. The lowest BCUT2D eigenvalue weighted by Crippen LogP contribution is -2.49. The van der Waals surface area contributed by atoms with Crippen molar-refractivity contribution in [2.75, 3.05) is 18.4 Å². The molecule has 0 aliphatic heterocycles. The summed E-state index contributed by atoms with van der Waals surface area (Å²) in [6.07, 6.45) is -0.176. The highest BCUT2D eigenvalue weighted by Gasteiger charge is 2.23. The van der Waals surface area contributed by atoms with Gasteiger partial charge in [-0.3, -0.25) is 9.36 Å². The number of anilines is 1. The van der Waals surface area contributed by atoms with Gasteiger partial charge in [-0.15, -0.1) is 0 Å². The van der Waals surface area contributed by atoms with Crippen LogP contribution in [0.5, 0.6) is 5.88 Å². The molecule has 0 bridgehead atoms. The van der Waals surface area contributed by atoms with Crippen molar-refractivity contribution in [3.05, 3.63) is 75.3 Å². The van der Waals surface area contributed by atoms with Gasteiger partial charge in [0.25, 0.3) is 0 Å². The van der Waals surface area contributed by atoms with Crippen LogP contribution < -0.4 is 21.6 Å². The Kier molecular flexibility index (Phi) is 9.47. The Bertz CT molecular complexity index is 1560. The average Bonchev–Trinajstić information content (AvgIpc) is 3.48. The fourth-order valence-corrected chi connectivity index (χ4v) is 4.09. The predicted octanol–water partition coefficient (Wildman–Crippen LogP) is 1.95. The van der Waals surface area contributed by atoms with Crippen molar-refractivity contribution < 1.29 is 29.3 Å². The van der Waals surface area contributed by atoms with Gasteiger partial charge in [0.1, 0.15) is 19.2 Å². The number of nitrogens with one attached hydrogen (secondary N) is 5. The molecule has 216 valence electrons. The Labute approximate surface area is 237 Å². The first kappa shape index (κ1) is 29.0. The standard InChI is InChI=1S/C26H28ClN7O7/c27-16-7-2-1-6-15(16)14-41-26(40)33-20(23(37)38)12-29-21(35)13-34-22(36)19(32-25(34)39)10-5-11-28-24-30-17-8-3-4-9-18(17)31-24/h1-4,6-9,20,36H,5,10-14H2,(H,29,35)(H,32,39)(H,33,40)(H,37,38)(H2,28,30,31)/t20-/m0/s1. The van der Waals surface area contributed by atoms with Crippen molar-refractivity contribution in [3.8, 4) is 5.88 Å². The van der Waals surface area contributed by atoms with Crippen LogP contribution in [0.25, 0.3) is 11.0 Å². The number of carbonyl (C=O) groups excluding carboxylic acids is 2. The first-order valence-electron chi connectivity index (χ1n) is 12.6. The molecule has 0 spiro atoms. The van der Waals surface area contributed by atoms with E-state index >= 15 is 0 Å². The van der Waals surface area contributed by atoms with E-state index in [1.54, 1.807) is 24.3 Å². The number of carbonyl (C=O) groups is 3. The highest BCUT2D eigenvalue weighted by Crippen LogP contribution is 2.17. The fraction of sp³-hybridized carbons (Fsp3) is 0.269. The van der Waals surface area contributed by atoms with Crippen molar-refractivity contribution in [2.24, 2.45) is 0 Å². The number of ether oxygens (including phenoxy) is 1. The van der Waals surface area contributed by atoms with Crippen LogP contribution in [0, 0.1) is 0 Å². The van der Waals surface area contributed by atoms with Crippen LogP contribution in [0.2, 0.25) is 5.02 Å². The second-order valence-corrected chi connectivity index (χ2v) is 9.37. The van der Waals surface area contributed by atoms with Gasteiger partial charge in [0.15, 0.2) is 0 Å². The van der Waals surface area contributed by atoms with Crippen molar-refractivity contribution in [1.82, 2.24) is 30.2 Å². The molecule has 14 nitrogen and oxygen atoms in total. The summed E-state index contributed by atoms with van der Waals surface area (Å²) >= 11 is 6.00. The van der Waals surface area contributed by atoms with E-state index in [9.17, 15) is 29.4 Å². The number of fused-ring (bicyclic) bond motifs is 1. The second kappa shape index (κ2) is 13.4. The Balaban J connectivity index is 1.23. The third kappa shape index (κ3) is 7.79. The minimum absolute atomic E-state index is 0.182. The number of para-hydroxylation sites is 2. The summed E-state index contributed by atoms with van der Waals surface area (Å²) in [5.41, 5.74) is 1.80. The number of amides is 2. The number of hydrogen-bond acceptors (Lipinski definition) is 8. The zero-order valence-electron chi connectivity index (χ0n) is 21.6. The lowest BCUT2D eigenvalue weighted by Gasteiger charge is -2.15. The van der Waals surface area contributed by atoms with Gasteiger partial charge in [0.05, 0.1) is 16.7 Å². The Morgan fingerprint density at radius 1 is 1.10 bits per heavy atom. The number of aryl methyl sites for hydroxylation is 1. The smallest absolute Gasteiger partial charge is 0.408 e. The van der Waals surface area contributed by atoms with Gasteiger partial charge < -0.3 is 40.9 Å². The largest absolute Gasteiger partial charge is 0.493 e. The van der Waals surface area contributed by atoms with E-state index in [-0.39, 0.29) is 12.3 Å². The number of H-pyrrole nitrogens is 2. The number of aromatic amines is 2. The van der Waals surface area contributed by atoms with Gasteiger partial charge in [-0.05, 0) is 31.0 Å². The molecule has 0 radical (unpaired) electrons. The number of rotatable bonds is 13. The van der Waals surface area contributed by atoms with Gasteiger partial charge in [0, 0.05) is 23.7 Å². The molecule has 1 atom stereocenters. The van der Waals surface area contributed by atoms with E-state index in [2.05, 4.69) is 30.9 Å². The molecule has 0 aliphatic carbocycles. The monoisotopic (exact) mass is 585 g/mol. The number of aromatic nitrogens is 4. The van der Waals surface area contributed by atoms with Gasteiger partial charge in [0.2, 0.25) is 17.7 Å². The molecule has 41 heavy (non-hydrogen) atoms. The summed E-state index contributed by atoms with van der Waals surface area (Å²) in [5, 5.41) is 27.9. The zero-order chi connectivity index (χ0) is 29.4. The van der Waals surface area contributed by atoms with Crippen molar-refractivity contribution >= 4 is 46.6 Å². The molecule has 4 aromatic rings. The average molecular weight is 586 g/mol. The van der Waals surface area contributed by atoms with Gasteiger partial charge in [-0.2, -0.15) is 0 Å². The molecule has 2 heterocycles. The molecule has 4 rings (SSSR count). The molecule has 0 fully saturated rings. The van der Waals surface area contributed by atoms with Crippen molar-refractivity contribution in [3.63, 3.8) is 0 Å². The first-order valence-corrected chi connectivity index (χ1v) is 12.9. The van der Waals surface area contributed by atoms with E-state index < -0.39 is 48.7 Å². The molecule has 15 heteroatoms. The number of nitrogens with zero attached hydrogens (tertiary/aromatic N) is 2. The van der Waals surface area contributed by atoms with E-state index in [1.807, 2.05) is 24.3 Å². The number of imidazole rings is 2. The van der Waals surface area contributed by atoms with E-state index in [4.69, 9.17) is 16.3 Å². The van der Waals surface area contributed by atoms with E-state index in [1.165, 1.54) is 0 Å². The number of carboxylic acid groups (broad SMARTS) is 1. The number of aromatic hydroxyl groups is 1. The zero-order valence-corrected chi connectivity index (χ0v) is 22.4. The Morgan fingerprint density at radius 3 is 2.61 bits per heavy atom. The molecule has 2 aromatic heterocycles. The van der Waals surface area contributed by atoms with Gasteiger partial charge in [-0.1, -0.05) is 41.9 Å². The lowest BCUT2D eigenvalue weighted by molar-refractivity contribution is -0.139. The van der Waals surface area contributed by atoms with Gasteiger partial charge >= 0.3 is 17.8 Å². The van der Waals surface area contributed by atoms with Crippen LogP contribution in [0.3, 0.4) is 0 Å². The van der Waals surface area contributed by atoms with Crippen LogP contribution in [-0.4, -0.2) is 66.8 Å². The summed E-state index contributed by atoms with van der Waals surface area (Å²) in [5.74, 6) is -1.97. The number of benzene rings is 2. The predicted molar refractivity (Wildman–Crippen MR) is 149 cm³/mol. The van der Waals surface area contributed by atoms with Crippen LogP contribution in [-0.2, 0) is 33.9 Å².